The highest BCUT2D eigenvalue weighted by molar-refractivity contribution is 5.78. The van der Waals surface area contributed by atoms with Gasteiger partial charge in [-0.1, -0.05) is 60.1 Å². The number of carbonyl (C=O) groups is 1. The van der Waals surface area contributed by atoms with Gasteiger partial charge in [0.15, 0.2) is 5.79 Å². The summed E-state index contributed by atoms with van der Waals surface area (Å²) in [4.78, 5) is 13.4. The maximum atomic E-state index is 13.4. The van der Waals surface area contributed by atoms with Gasteiger partial charge in [-0.15, -0.1) is 0 Å². The van der Waals surface area contributed by atoms with Crippen molar-refractivity contribution in [3.63, 3.8) is 0 Å². The Morgan fingerprint density at radius 3 is 2.19 bits per heavy atom. The number of hydrogen-bond donors (Lipinski definition) is 1. The van der Waals surface area contributed by atoms with Crippen LogP contribution in [0.4, 0.5) is 0 Å². The molecule has 204 valence electrons. The Bertz CT molecular complexity index is 965. The molecule has 0 bridgehead atoms. The van der Waals surface area contributed by atoms with Crippen molar-refractivity contribution >= 4 is 5.97 Å². The SMILES string of the molecule is COC(=O)[C@]12CCC(C)(C)C[C@@H]1C1=CC[C@@H]3[C@@]4(C)CC[C@](O)(OC)C(C)(C)C4CC[C@@]3(C)[C@]1(C)CC2. The van der Waals surface area contributed by atoms with Crippen LogP contribution in [0.2, 0.25) is 0 Å². The number of aliphatic hydroxyl groups is 1. The van der Waals surface area contributed by atoms with E-state index in [-0.39, 0.29) is 44.4 Å². The number of methoxy groups -OCH3 is 2. The summed E-state index contributed by atoms with van der Waals surface area (Å²) < 4.78 is 11.3. The van der Waals surface area contributed by atoms with Crippen LogP contribution < -0.4 is 0 Å². The predicted molar refractivity (Wildman–Crippen MR) is 143 cm³/mol. The zero-order valence-electron chi connectivity index (χ0n) is 24.6. The highest BCUT2D eigenvalue weighted by atomic mass is 16.6. The Labute approximate surface area is 220 Å². The van der Waals surface area contributed by atoms with Crippen molar-refractivity contribution in [2.24, 2.45) is 50.2 Å². The van der Waals surface area contributed by atoms with Gasteiger partial charge in [-0.05, 0) is 97.2 Å². The number of esters is 1. The molecule has 5 aliphatic rings. The minimum Gasteiger partial charge on any atom is -0.469 e. The van der Waals surface area contributed by atoms with Crippen molar-refractivity contribution in [1.82, 2.24) is 0 Å². The van der Waals surface area contributed by atoms with Crippen molar-refractivity contribution in [1.29, 1.82) is 0 Å². The second-order valence-corrected chi connectivity index (χ2v) is 15.6. The zero-order valence-corrected chi connectivity index (χ0v) is 24.6. The van der Waals surface area contributed by atoms with E-state index in [0.29, 0.717) is 18.3 Å². The summed E-state index contributed by atoms with van der Waals surface area (Å²) in [7, 11) is 3.26. The van der Waals surface area contributed by atoms with Crippen LogP contribution in [0, 0.1) is 50.2 Å². The van der Waals surface area contributed by atoms with E-state index in [1.54, 1.807) is 19.8 Å². The van der Waals surface area contributed by atoms with E-state index < -0.39 is 5.79 Å². The first kappa shape index (κ1) is 26.7. The Morgan fingerprint density at radius 2 is 1.56 bits per heavy atom. The van der Waals surface area contributed by atoms with Crippen LogP contribution in [0.1, 0.15) is 113 Å². The first-order valence-corrected chi connectivity index (χ1v) is 14.6. The summed E-state index contributed by atoms with van der Waals surface area (Å²) >= 11 is 0. The first-order valence-electron chi connectivity index (χ1n) is 14.6. The average molecular weight is 501 g/mol. The molecule has 0 saturated heterocycles. The molecule has 0 amide bonds. The third kappa shape index (κ3) is 3.09. The summed E-state index contributed by atoms with van der Waals surface area (Å²) in [6, 6.07) is 0. The molecule has 1 N–H and O–H groups in total. The smallest absolute Gasteiger partial charge is 0.312 e. The molecular formula is C32H52O4. The van der Waals surface area contributed by atoms with E-state index in [9.17, 15) is 9.90 Å². The molecule has 0 heterocycles. The average Bonchev–Trinajstić information content (AvgIpc) is 2.81. The Hall–Kier alpha value is -0.870. The summed E-state index contributed by atoms with van der Waals surface area (Å²) in [5.74, 6) is 0.259. The predicted octanol–water partition coefficient (Wildman–Crippen LogP) is 7.30. The van der Waals surface area contributed by atoms with Crippen molar-refractivity contribution < 1.29 is 19.4 Å². The van der Waals surface area contributed by atoms with E-state index in [1.165, 1.54) is 6.42 Å². The minimum atomic E-state index is -1.05. The van der Waals surface area contributed by atoms with Gasteiger partial charge < -0.3 is 14.6 Å². The molecule has 8 atom stereocenters. The van der Waals surface area contributed by atoms with Crippen LogP contribution in [-0.2, 0) is 14.3 Å². The summed E-state index contributed by atoms with van der Waals surface area (Å²) in [5.41, 5.74) is 1.64. The Balaban J connectivity index is 1.59. The second-order valence-electron chi connectivity index (χ2n) is 15.6. The lowest BCUT2D eigenvalue weighted by Crippen LogP contribution is -2.67. The van der Waals surface area contributed by atoms with E-state index in [2.05, 4.69) is 54.5 Å². The van der Waals surface area contributed by atoms with Crippen LogP contribution in [0.5, 0.6) is 0 Å². The third-order valence-corrected chi connectivity index (χ3v) is 13.7. The number of ether oxygens (including phenoxy) is 2. The third-order valence-electron chi connectivity index (χ3n) is 13.7. The van der Waals surface area contributed by atoms with Gasteiger partial charge in [-0.2, -0.15) is 0 Å². The van der Waals surface area contributed by atoms with E-state index >= 15 is 0 Å². The lowest BCUT2D eigenvalue weighted by molar-refractivity contribution is -0.322. The molecule has 0 aromatic heterocycles. The van der Waals surface area contributed by atoms with Crippen molar-refractivity contribution in [2.45, 2.75) is 118 Å². The van der Waals surface area contributed by atoms with Crippen LogP contribution in [0.25, 0.3) is 0 Å². The molecule has 0 radical (unpaired) electrons. The molecule has 4 saturated carbocycles. The van der Waals surface area contributed by atoms with Gasteiger partial charge in [0, 0.05) is 18.9 Å². The second kappa shape index (κ2) is 7.84. The first-order chi connectivity index (χ1) is 16.6. The van der Waals surface area contributed by atoms with Crippen LogP contribution >= 0.6 is 0 Å². The highest BCUT2D eigenvalue weighted by Crippen LogP contribution is 2.76. The molecular weight excluding hydrogens is 448 g/mol. The van der Waals surface area contributed by atoms with Crippen molar-refractivity contribution in [3.05, 3.63) is 11.6 Å². The van der Waals surface area contributed by atoms with Gasteiger partial charge in [0.1, 0.15) is 0 Å². The van der Waals surface area contributed by atoms with E-state index in [4.69, 9.17) is 9.47 Å². The summed E-state index contributed by atoms with van der Waals surface area (Å²) in [6.45, 7) is 16.9. The molecule has 4 nitrogen and oxygen atoms in total. The fraction of sp³-hybridized carbons (Fsp3) is 0.906. The normalized spacial score (nSPS) is 51.1. The van der Waals surface area contributed by atoms with Gasteiger partial charge >= 0.3 is 5.97 Å². The van der Waals surface area contributed by atoms with Crippen LogP contribution in [-0.4, -0.2) is 31.1 Å². The van der Waals surface area contributed by atoms with Crippen LogP contribution in [0.15, 0.2) is 11.6 Å². The molecule has 0 aliphatic heterocycles. The molecule has 36 heavy (non-hydrogen) atoms. The van der Waals surface area contributed by atoms with Gasteiger partial charge in [0.05, 0.1) is 12.5 Å². The lowest BCUT2D eigenvalue weighted by Gasteiger charge is -2.72. The van der Waals surface area contributed by atoms with Gasteiger partial charge in [-0.3, -0.25) is 4.79 Å². The van der Waals surface area contributed by atoms with E-state index in [1.807, 2.05) is 0 Å². The highest BCUT2D eigenvalue weighted by Gasteiger charge is 2.71. The number of carbonyl (C=O) groups excluding carboxylic acids is 1. The van der Waals surface area contributed by atoms with Crippen molar-refractivity contribution in [3.8, 4) is 0 Å². The number of allylic oxidation sites excluding steroid dienone is 2. The topological polar surface area (TPSA) is 55.8 Å². The molecule has 5 rings (SSSR count). The molecule has 0 spiro atoms. The largest absolute Gasteiger partial charge is 0.469 e. The minimum absolute atomic E-state index is 0.0294. The number of fused-ring (bicyclic) bond motifs is 7. The number of hydrogen-bond acceptors (Lipinski definition) is 4. The Kier molecular flexibility index (Phi) is 5.82. The lowest BCUT2D eigenvalue weighted by atomic mass is 9.33. The maximum Gasteiger partial charge on any atom is 0.312 e. The molecule has 0 aromatic rings. The monoisotopic (exact) mass is 500 g/mol. The van der Waals surface area contributed by atoms with E-state index in [0.717, 1.165) is 51.4 Å². The number of rotatable bonds is 2. The van der Waals surface area contributed by atoms with Gasteiger partial charge in [-0.25, -0.2) is 0 Å². The Morgan fingerprint density at radius 1 is 0.889 bits per heavy atom. The van der Waals surface area contributed by atoms with Gasteiger partial charge in [0.2, 0.25) is 0 Å². The van der Waals surface area contributed by atoms with Gasteiger partial charge in [0.25, 0.3) is 0 Å². The fourth-order valence-electron chi connectivity index (χ4n) is 11.1. The molecule has 4 fully saturated rings. The fourth-order valence-corrected chi connectivity index (χ4v) is 11.1. The molecule has 5 aliphatic carbocycles. The summed E-state index contributed by atoms with van der Waals surface area (Å²) in [5, 5.41) is 11.5. The zero-order chi connectivity index (χ0) is 26.6. The van der Waals surface area contributed by atoms with Crippen molar-refractivity contribution in [2.75, 3.05) is 14.2 Å². The molecule has 0 aromatic carbocycles. The summed E-state index contributed by atoms with van der Waals surface area (Å²) in [6.07, 6.45) is 12.9. The quantitative estimate of drug-likeness (QED) is 0.246. The standard InChI is InChI=1S/C32H52O4/c1-26(2)14-17-31(25(33)35-8)18-16-29(6)21(22(31)20-26)10-11-24-28(5)15-19-32(34,36-9)27(3,4)23(28)12-13-30(24,29)7/h10,22-24,34H,11-20H2,1-9H3/t22-,23?,24-,28+,29-,30-,31+,32+/m1/s1. The maximum absolute atomic E-state index is 13.4. The van der Waals surface area contributed by atoms with Crippen LogP contribution in [0.3, 0.4) is 0 Å². The molecule has 4 heteroatoms. The molecule has 1 unspecified atom stereocenters.